The zero-order valence-electron chi connectivity index (χ0n) is 10.5. The van der Waals surface area contributed by atoms with Gasteiger partial charge in [0.05, 0.1) is 11.4 Å². The van der Waals surface area contributed by atoms with Crippen molar-refractivity contribution in [2.75, 3.05) is 10.6 Å². The van der Waals surface area contributed by atoms with Crippen molar-refractivity contribution < 1.29 is 14.0 Å². The zero-order valence-corrected chi connectivity index (χ0v) is 11.3. The monoisotopic (exact) mass is 309 g/mol. The predicted molar refractivity (Wildman–Crippen MR) is 72.3 cm³/mol. The fourth-order valence-electron chi connectivity index (χ4n) is 2.03. The maximum Gasteiger partial charge on any atom is 0.248 e. The Morgan fingerprint density at radius 3 is 3.10 bits per heavy atom. The summed E-state index contributed by atoms with van der Waals surface area (Å²) in [5, 5.41) is 12.3. The van der Waals surface area contributed by atoms with E-state index in [1.54, 1.807) is 0 Å². The number of rotatable bonds is 2. The molecule has 1 unspecified atom stereocenters. The minimum Gasteiger partial charge on any atom is -0.324 e. The molecule has 1 aliphatic heterocycles. The number of carbonyl (C=O) groups excluding carboxylic acids is 2. The molecule has 108 valence electrons. The van der Waals surface area contributed by atoms with Crippen molar-refractivity contribution in [3.05, 3.63) is 35.4 Å². The van der Waals surface area contributed by atoms with Gasteiger partial charge in [0.25, 0.3) is 0 Å². The molecule has 1 atom stereocenters. The maximum absolute atomic E-state index is 13.1. The highest BCUT2D eigenvalue weighted by atomic mass is 35.5. The van der Waals surface area contributed by atoms with Crippen molar-refractivity contribution in [1.29, 1.82) is 0 Å². The molecule has 1 aromatic carbocycles. The molecule has 2 N–H and O–H groups in total. The van der Waals surface area contributed by atoms with Crippen molar-refractivity contribution in [2.45, 2.75) is 12.5 Å². The molecule has 0 saturated carbocycles. The zero-order chi connectivity index (χ0) is 15.0. The van der Waals surface area contributed by atoms with Gasteiger partial charge in [-0.25, -0.2) is 4.39 Å². The molecule has 2 amide bonds. The summed E-state index contributed by atoms with van der Waals surface area (Å²) in [5.41, 5.74) is 0.340. The number of halogens is 2. The van der Waals surface area contributed by atoms with E-state index in [2.05, 4.69) is 20.8 Å². The van der Waals surface area contributed by atoms with E-state index in [0.29, 0.717) is 5.69 Å². The van der Waals surface area contributed by atoms with Gasteiger partial charge in [-0.1, -0.05) is 11.6 Å². The van der Waals surface area contributed by atoms with Gasteiger partial charge in [-0.15, -0.1) is 10.2 Å². The van der Waals surface area contributed by atoms with Gasteiger partial charge in [0.1, 0.15) is 18.2 Å². The van der Waals surface area contributed by atoms with Crippen LogP contribution in [0.15, 0.2) is 24.5 Å². The second-order valence-electron chi connectivity index (χ2n) is 4.45. The first-order chi connectivity index (χ1) is 10.0. The first-order valence-corrected chi connectivity index (χ1v) is 6.37. The molecule has 0 fully saturated rings. The molecule has 1 aliphatic rings. The second kappa shape index (κ2) is 5.13. The van der Waals surface area contributed by atoms with Crippen LogP contribution in [0.5, 0.6) is 0 Å². The Bertz CT molecular complexity index is 732. The number of benzene rings is 1. The van der Waals surface area contributed by atoms with Crippen LogP contribution in [0.2, 0.25) is 5.02 Å². The van der Waals surface area contributed by atoms with Crippen molar-refractivity contribution in [3.8, 4) is 0 Å². The van der Waals surface area contributed by atoms with E-state index in [4.69, 9.17) is 11.6 Å². The summed E-state index contributed by atoms with van der Waals surface area (Å²) in [7, 11) is 0. The topological polar surface area (TPSA) is 88.9 Å². The largest absolute Gasteiger partial charge is 0.324 e. The molecule has 9 heteroatoms. The lowest BCUT2D eigenvalue weighted by atomic mass is 10.1. The third kappa shape index (κ3) is 2.57. The van der Waals surface area contributed by atoms with Gasteiger partial charge in [0.2, 0.25) is 17.8 Å². The van der Waals surface area contributed by atoms with Gasteiger partial charge in [0.15, 0.2) is 0 Å². The average molecular weight is 310 g/mol. The first kappa shape index (κ1) is 13.5. The Morgan fingerprint density at radius 2 is 2.33 bits per heavy atom. The van der Waals surface area contributed by atoms with Crippen LogP contribution >= 0.6 is 11.6 Å². The molecular formula is C12H9ClFN5O2. The molecule has 1 aromatic heterocycles. The SMILES string of the molecule is O=C1CC(C(=O)Nc2ccc(F)c(Cl)c2)n2cnnc2N1. The molecule has 0 bridgehead atoms. The molecule has 2 heterocycles. The van der Waals surface area contributed by atoms with Crippen LogP contribution in [0.1, 0.15) is 12.5 Å². The van der Waals surface area contributed by atoms with Gasteiger partial charge in [-0.05, 0) is 18.2 Å². The fourth-order valence-corrected chi connectivity index (χ4v) is 2.21. The van der Waals surface area contributed by atoms with E-state index in [9.17, 15) is 14.0 Å². The molecule has 0 aliphatic carbocycles. The number of hydrogen-bond acceptors (Lipinski definition) is 4. The van der Waals surface area contributed by atoms with Crippen molar-refractivity contribution in [3.63, 3.8) is 0 Å². The molecule has 2 aromatic rings. The lowest BCUT2D eigenvalue weighted by Crippen LogP contribution is -2.35. The van der Waals surface area contributed by atoms with E-state index < -0.39 is 17.8 Å². The fraction of sp³-hybridized carbons (Fsp3) is 0.167. The summed E-state index contributed by atoms with van der Waals surface area (Å²) >= 11 is 5.65. The summed E-state index contributed by atoms with van der Waals surface area (Å²) < 4.78 is 14.5. The molecule has 0 radical (unpaired) electrons. The van der Waals surface area contributed by atoms with E-state index in [-0.39, 0.29) is 23.3 Å². The number of nitrogens with zero attached hydrogens (tertiary/aromatic N) is 3. The van der Waals surface area contributed by atoms with Crippen LogP contribution in [0.4, 0.5) is 16.0 Å². The van der Waals surface area contributed by atoms with E-state index in [0.717, 1.165) is 6.07 Å². The van der Waals surface area contributed by atoms with Gasteiger partial charge in [-0.3, -0.25) is 19.5 Å². The smallest absolute Gasteiger partial charge is 0.248 e. The second-order valence-corrected chi connectivity index (χ2v) is 4.86. The Hall–Kier alpha value is -2.48. The van der Waals surface area contributed by atoms with Crippen molar-refractivity contribution >= 4 is 35.1 Å². The molecule has 3 rings (SSSR count). The highest BCUT2D eigenvalue weighted by Crippen LogP contribution is 2.25. The summed E-state index contributed by atoms with van der Waals surface area (Å²) in [4.78, 5) is 23.8. The minimum atomic E-state index is -0.771. The number of nitrogens with one attached hydrogen (secondary N) is 2. The van der Waals surface area contributed by atoms with E-state index in [1.807, 2.05) is 0 Å². The first-order valence-electron chi connectivity index (χ1n) is 6.00. The normalized spacial score (nSPS) is 17.0. The van der Waals surface area contributed by atoms with Gasteiger partial charge in [-0.2, -0.15) is 0 Å². The van der Waals surface area contributed by atoms with Crippen LogP contribution in [-0.4, -0.2) is 26.6 Å². The number of hydrogen-bond donors (Lipinski definition) is 2. The molecule has 0 spiro atoms. The summed E-state index contributed by atoms with van der Waals surface area (Å²) in [6.45, 7) is 0. The third-order valence-corrected chi connectivity index (χ3v) is 3.32. The predicted octanol–water partition coefficient (Wildman–Crippen LogP) is 1.59. The highest BCUT2D eigenvalue weighted by Gasteiger charge is 2.31. The molecular weight excluding hydrogens is 301 g/mol. The molecule has 7 nitrogen and oxygen atoms in total. The minimum absolute atomic E-state index is 0.0359. The lowest BCUT2D eigenvalue weighted by molar-refractivity contribution is -0.125. The maximum atomic E-state index is 13.1. The van der Waals surface area contributed by atoms with Gasteiger partial charge >= 0.3 is 0 Å². The summed E-state index contributed by atoms with van der Waals surface area (Å²) in [6.07, 6.45) is 1.32. The van der Waals surface area contributed by atoms with Crippen LogP contribution in [0.3, 0.4) is 0 Å². The van der Waals surface area contributed by atoms with Crippen LogP contribution < -0.4 is 10.6 Å². The van der Waals surface area contributed by atoms with Crippen molar-refractivity contribution in [2.24, 2.45) is 0 Å². The summed E-state index contributed by atoms with van der Waals surface area (Å²) in [6, 6.07) is 3.06. The number of amides is 2. The number of anilines is 2. The average Bonchev–Trinajstić information content (AvgIpc) is 2.90. The highest BCUT2D eigenvalue weighted by molar-refractivity contribution is 6.31. The van der Waals surface area contributed by atoms with Crippen LogP contribution in [0, 0.1) is 5.82 Å². The Balaban J connectivity index is 1.83. The van der Waals surface area contributed by atoms with Crippen LogP contribution in [-0.2, 0) is 9.59 Å². The number of carbonyl (C=O) groups is 2. The molecule has 0 saturated heterocycles. The van der Waals surface area contributed by atoms with Gasteiger partial charge < -0.3 is 5.32 Å². The Kier molecular flexibility index (Phi) is 3.30. The molecule has 21 heavy (non-hydrogen) atoms. The van der Waals surface area contributed by atoms with Gasteiger partial charge in [0, 0.05) is 5.69 Å². The van der Waals surface area contributed by atoms with Crippen LogP contribution in [0.25, 0.3) is 0 Å². The Labute approximate surface area is 123 Å². The number of aromatic nitrogens is 3. The quantitative estimate of drug-likeness (QED) is 0.881. The Morgan fingerprint density at radius 1 is 1.52 bits per heavy atom. The number of fused-ring (bicyclic) bond motifs is 1. The lowest BCUT2D eigenvalue weighted by Gasteiger charge is -2.23. The van der Waals surface area contributed by atoms with Crippen molar-refractivity contribution in [1.82, 2.24) is 14.8 Å². The standard InChI is InChI=1S/C12H9ClFN5O2/c13-7-3-6(1-2-8(7)14)16-11(21)9-4-10(20)17-12-18-15-5-19(9)12/h1-3,5,9H,4H2,(H,16,21)(H,17,18,20). The summed E-state index contributed by atoms with van der Waals surface area (Å²) in [5.74, 6) is -1.13. The van der Waals surface area contributed by atoms with E-state index >= 15 is 0 Å². The third-order valence-electron chi connectivity index (χ3n) is 3.03. The van der Waals surface area contributed by atoms with E-state index in [1.165, 1.54) is 23.0 Å².